The minimum Gasteiger partial charge on any atom is -0.336 e. The Balaban J connectivity index is 1.96. The normalized spacial score (nSPS) is 19.1. The second-order valence-electron chi connectivity index (χ2n) is 9.10. The number of amides is 1. The van der Waals surface area contributed by atoms with Gasteiger partial charge in [0.15, 0.2) is 0 Å². The number of H-pyrrole nitrogens is 1. The van der Waals surface area contributed by atoms with Crippen LogP contribution in [0, 0.1) is 5.92 Å². The summed E-state index contributed by atoms with van der Waals surface area (Å²) >= 11 is 6.27. The molecule has 35 heavy (non-hydrogen) atoms. The maximum atomic E-state index is 13.4. The summed E-state index contributed by atoms with van der Waals surface area (Å²) in [5, 5.41) is 0.429. The van der Waals surface area contributed by atoms with E-state index in [1.54, 1.807) is 34.9 Å². The molecule has 2 N–H and O–H groups in total. The number of hydrogen-bond donors (Lipinski definition) is 2. The molecule has 9 nitrogen and oxygen atoms in total. The number of hydrogen-bond acceptors (Lipinski definition) is 6. The summed E-state index contributed by atoms with van der Waals surface area (Å²) in [4.78, 5) is 28.7. The van der Waals surface area contributed by atoms with Crippen molar-refractivity contribution >= 4 is 48.3 Å². The Kier molecular flexibility index (Phi) is 6.87. The van der Waals surface area contributed by atoms with Crippen LogP contribution in [0.3, 0.4) is 0 Å². The molecule has 1 aliphatic carbocycles. The van der Waals surface area contributed by atoms with Gasteiger partial charge in [-0.05, 0) is 55.5 Å². The van der Waals surface area contributed by atoms with Crippen molar-refractivity contribution in [3.63, 3.8) is 0 Å². The fourth-order valence-electron chi connectivity index (χ4n) is 4.91. The molecule has 1 amide bonds. The third kappa shape index (κ3) is 5.46. The van der Waals surface area contributed by atoms with E-state index in [-0.39, 0.29) is 29.3 Å². The number of sulfonamides is 1. The first-order valence-electron chi connectivity index (χ1n) is 11.1. The maximum absolute atomic E-state index is 13.4. The summed E-state index contributed by atoms with van der Waals surface area (Å²) in [5.41, 5.74) is 0.601. The predicted octanol–water partition coefficient (Wildman–Crippen LogP) is 2.94. The van der Waals surface area contributed by atoms with E-state index in [1.807, 2.05) is 4.72 Å². The molecule has 0 saturated heterocycles. The third-order valence-electron chi connectivity index (χ3n) is 6.39. The molecule has 0 aliphatic heterocycles. The Morgan fingerprint density at radius 2 is 1.91 bits per heavy atom. The number of fused-ring (bicyclic) bond motifs is 1. The van der Waals surface area contributed by atoms with Gasteiger partial charge in [-0.2, -0.15) is 0 Å². The molecule has 3 aromatic rings. The molecule has 1 aliphatic rings. The first-order chi connectivity index (χ1) is 16.3. The molecule has 2 atom stereocenters. The van der Waals surface area contributed by atoms with E-state index in [0.29, 0.717) is 28.8 Å². The number of carbonyl (C=O) groups excluding carboxylic acids is 1. The van der Waals surface area contributed by atoms with Crippen LogP contribution < -0.4 is 10.3 Å². The van der Waals surface area contributed by atoms with Crippen molar-refractivity contribution in [2.24, 2.45) is 5.92 Å². The molecular weight excluding hydrogens is 514 g/mol. The third-order valence-corrected chi connectivity index (χ3v) is 8.82. The van der Waals surface area contributed by atoms with Crippen molar-refractivity contribution in [1.29, 1.82) is 0 Å². The Hall–Kier alpha value is -2.63. The van der Waals surface area contributed by atoms with Crippen molar-refractivity contribution in [3.8, 4) is 11.1 Å². The fraction of sp³-hybridized carbons (Fsp3) is 0.391. The van der Waals surface area contributed by atoms with Crippen LogP contribution in [0.25, 0.3) is 22.0 Å². The number of sulfone groups is 1. The Morgan fingerprint density at radius 1 is 1.17 bits per heavy atom. The number of benzene rings is 1. The van der Waals surface area contributed by atoms with E-state index in [9.17, 15) is 26.4 Å². The van der Waals surface area contributed by atoms with Crippen LogP contribution >= 0.6 is 11.6 Å². The lowest BCUT2D eigenvalue weighted by atomic mass is 9.88. The molecule has 0 spiro atoms. The number of nitrogens with zero attached hydrogens (tertiary/aromatic N) is 1. The van der Waals surface area contributed by atoms with Gasteiger partial charge < -0.3 is 9.55 Å². The second kappa shape index (κ2) is 9.44. The van der Waals surface area contributed by atoms with Crippen molar-refractivity contribution in [3.05, 3.63) is 57.6 Å². The first kappa shape index (κ1) is 25.5. The summed E-state index contributed by atoms with van der Waals surface area (Å²) in [5.74, 6) is -0.949. The smallest absolute Gasteiger partial charge is 0.282 e. The average Bonchev–Trinajstić information content (AvgIpc) is 3.05. The number of pyridine rings is 1. The number of carbonyl (C=O) groups is 1. The zero-order valence-electron chi connectivity index (χ0n) is 19.2. The van der Waals surface area contributed by atoms with E-state index in [1.165, 1.54) is 12.5 Å². The largest absolute Gasteiger partial charge is 0.336 e. The molecule has 188 valence electrons. The van der Waals surface area contributed by atoms with Gasteiger partial charge in [0.05, 0.1) is 11.5 Å². The summed E-state index contributed by atoms with van der Waals surface area (Å²) in [6.45, 7) is 0.279. The topological polar surface area (TPSA) is 135 Å². The lowest BCUT2D eigenvalue weighted by molar-refractivity contribution is 0.0972. The molecule has 2 heterocycles. The average molecular weight is 540 g/mol. The minimum absolute atomic E-state index is 0.00544. The van der Waals surface area contributed by atoms with E-state index in [4.69, 9.17) is 11.6 Å². The van der Waals surface area contributed by atoms with Gasteiger partial charge in [-0.1, -0.05) is 18.0 Å². The molecule has 2 aromatic heterocycles. The van der Waals surface area contributed by atoms with Crippen LogP contribution in [0.15, 0.2) is 41.3 Å². The number of nitrogens with one attached hydrogen (secondary N) is 2. The molecule has 2 unspecified atom stereocenters. The molecular formula is C23H26ClN3O6S2. The quantitative estimate of drug-likeness (QED) is 0.494. The van der Waals surface area contributed by atoms with Gasteiger partial charge in [0.1, 0.15) is 15.5 Å². The highest BCUT2D eigenvalue weighted by atomic mass is 35.5. The van der Waals surface area contributed by atoms with E-state index in [2.05, 4.69) is 4.98 Å². The number of aromatic nitrogens is 2. The lowest BCUT2D eigenvalue weighted by Gasteiger charge is -2.29. The molecule has 1 saturated carbocycles. The van der Waals surface area contributed by atoms with Crippen molar-refractivity contribution < 1.29 is 21.6 Å². The number of aromatic amines is 1. The number of halogens is 1. The summed E-state index contributed by atoms with van der Waals surface area (Å²) in [7, 11) is -7.13. The van der Waals surface area contributed by atoms with Crippen LogP contribution in [-0.2, 0) is 26.4 Å². The molecule has 0 bridgehead atoms. The molecule has 0 radical (unpaired) electrons. The van der Waals surface area contributed by atoms with E-state index >= 15 is 0 Å². The van der Waals surface area contributed by atoms with Crippen molar-refractivity contribution in [1.82, 2.24) is 14.3 Å². The summed E-state index contributed by atoms with van der Waals surface area (Å²) in [6.07, 6.45) is 6.07. The molecule has 12 heteroatoms. The Bertz CT molecular complexity index is 1570. The van der Waals surface area contributed by atoms with Gasteiger partial charge in [0.2, 0.25) is 10.0 Å². The highest BCUT2D eigenvalue weighted by Gasteiger charge is 2.32. The molecule has 1 fully saturated rings. The van der Waals surface area contributed by atoms with Crippen LogP contribution in [0.1, 0.15) is 36.2 Å². The maximum Gasteiger partial charge on any atom is 0.282 e. The highest BCUT2D eigenvalue weighted by Crippen LogP contribution is 2.38. The standard InChI is InChI=1S/C23H26ClN3O6S2/c1-34(30,31)16-6-3-5-14(11-16)13-27-19-9-8-15(24)12-18(19)20(17-7-4-10-25-22(17)28)21(27)23(29)26-35(2,32)33/h4,7-10,12,14,16H,3,5-6,11,13H2,1-2H3,(H,25,28)(H,26,29). The number of rotatable bonds is 6. The first-order valence-corrected chi connectivity index (χ1v) is 15.3. The minimum atomic E-state index is -3.91. The van der Waals surface area contributed by atoms with Gasteiger partial charge >= 0.3 is 0 Å². The second-order valence-corrected chi connectivity index (χ2v) is 13.6. The van der Waals surface area contributed by atoms with Gasteiger partial charge in [-0.15, -0.1) is 0 Å². The van der Waals surface area contributed by atoms with Gasteiger partial charge in [-0.3, -0.25) is 9.59 Å². The summed E-state index contributed by atoms with van der Waals surface area (Å²) in [6, 6.07) is 8.16. The summed E-state index contributed by atoms with van der Waals surface area (Å²) < 4.78 is 52.0. The molecule has 1 aromatic carbocycles. The Morgan fingerprint density at radius 3 is 2.57 bits per heavy atom. The fourth-order valence-corrected chi connectivity index (χ4v) is 6.74. The van der Waals surface area contributed by atoms with Crippen LogP contribution in [-0.4, -0.2) is 50.1 Å². The predicted molar refractivity (Wildman–Crippen MR) is 136 cm³/mol. The lowest BCUT2D eigenvalue weighted by Crippen LogP contribution is -2.33. The SMILES string of the molecule is CS(=O)(=O)NC(=O)c1c(-c2ccc[nH]c2=O)c2cc(Cl)ccc2n1CC1CCCC(S(C)(=O)=O)C1. The monoisotopic (exact) mass is 539 g/mol. The van der Waals surface area contributed by atoms with Crippen molar-refractivity contribution in [2.45, 2.75) is 37.5 Å². The zero-order valence-corrected chi connectivity index (χ0v) is 21.6. The van der Waals surface area contributed by atoms with E-state index < -0.39 is 36.6 Å². The van der Waals surface area contributed by atoms with Crippen LogP contribution in [0.5, 0.6) is 0 Å². The van der Waals surface area contributed by atoms with Gasteiger partial charge in [0, 0.05) is 46.0 Å². The zero-order chi connectivity index (χ0) is 25.5. The van der Waals surface area contributed by atoms with Gasteiger partial charge in [-0.25, -0.2) is 21.6 Å². The highest BCUT2D eigenvalue weighted by molar-refractivity contribution is 7.91. The van der Waals surface area contributed by atoms with E-state index in [0.717, 1.165) is 19.1 Å². The molecule has 4 rings (SSSR count). The van der Waals surface area contributed by atoms with Crippen molar-refractivity contribution in [2.75, 3.05) is 12.5 Å². The van der Waals surface area contributed by atoms with Crippen LogP contribution in [0.4, 0.5) is 0 Å². The Labute approximate surface area is 208 Å². The van der Waals surface area contributed by atoms with Gasteiger partial charge in [0.25, 0.3) is 11.5 Å². The van der Waals surface area contributed by atoms with Crippen LogP contribution in [0.2, 0.25) is 5.02 Å².